The number of imidazole rings is 1. The Morgan fingerprint density at radius 3 is 2.52 bits per heavy atom. The Bertz CT molecular complexity index is 2010. The van der Waals surface area contributed by atoms with E-state index in [-0.39, 0.29) is 26.2 Å². The van der Waals surface area contributed by atoms with Gasteiger partial charge in [-0.2, -0.15) is 0 Å². The predicted molar refractivity (Wildman–Crippen MR) is 196 cm³/mol. The number of carbonyl (C=O) groups is 3. The highest BCUT2D eigenvalue weighted by Crippen LogP contribution is 2.36. The van der Waals surface area contributed by atoms with E-state index < -0.39 is 35.5 Å². The number of hydrogen-bond acceptors (Lipinski definition) is 8. The number of unbranched alkanes of at least 4 members (excludes halogenated alkanes) is 2. The molecule has 3 heterocycles. The molecular formula is C41H46N4O7. The van der Waals surface area contributed by atoms with Crippen LogP contribution in [0.4, 0.5) is 4.79 Å². The SMILES string of the molecule is CCCCCc1nc(CC(C(=O)N[C@@H](Cc2c[nH]c3ccccc23)C(=O)OCc2ccccc2)c2ccc3c(c2)OCO3)cn1C(=O)OC(C)(C)C. The minimum atomic E-state index is -1.00. The van der Waals surface area contributed by atoms with Crippen LogP contribution in [0.1, 0.15) is 81.1 Å². The summed E-state index contributed by atoms with van der Waals surface area (Å²) in [7, 11) is 0. The molecule has 2 N–H and O–H groups in total. The molecule has 1 aliphatic heterocycles. The number of benzene rings is 3. The van der Waals surface area contributed by atoms with Crippen LogP contribution in [0.2, 0.25) is 0 Å². The number of hydrogen-bond donors (Lipinski definition) is 2. The Balaban J connectivity index is 1.31. The molecule has 3 aromatic carbocycles. The average Bonchev–Trinajstić information content (AvgIpc) is 3.87. The van der Waals surface area contributed by atoms with E-state index in [1.807, 2.05) is 87.6 Å². The lowest BCUT2D eigenvalue weighted by Gasteiger charge is -2.22. The molecule has 2 aromatic heterocycles. The number of ether oxygens (including phenoxy) is 4. The molecule has 0 saturated carbocycles. The minimum Gasteiger partial charge on any atom is -0.459 e. The molecule has 0 aliphatic carbocycles. The first kappa shape index (κ1) is 36.2. The smallest absolute Gasteiger partial charge is 0.419 e. The van der Waals surface area contributed by atoms with Gasteiger partial charge >= 0.3 is 12.1 Å². The second-order valence-corrected chi connectivity index (χ2v) is 14.0. The molecule has 1 aliphatic rings. The molecule has 0 bridgehead atoms. The molecule has 0 saturated heterocycles. The molecule has 11 heteroatoms. The number of aryl methyl sites for hydroxylation is 1. The Morgan fingerprint density at radius 2 is 1.73 bits per heavy atom. The number of H-pyrrole nitrogens is 1. The molecule has 0 radical (unpaired) electrons. The van der Waals surface area contributed by atoms with Crippen molar-refractivity contribution in [1.29, 1.82) is 0 Å². The van der Waals surface area contributed by atoms with E-state index in [4.69, 9.17) is 23.9 Å². The number of aromatic amines is 1. The zero-order chi connectivity index (χ0) is 36.7. The summed E-state index contributed by atoms with van der Waals surface area (Å²) in [6.07, 6.45) is 6.75. The van der Waals surface area contributed by atoms with Crippen molar-refractivity contribution in [2.45, 2.75) is 90.4 Å². The number of nitrogens with one attached hydrogen (secondary N) is 2. The van der Waals surface area contributed by atoms with Crippen LogP contribution in [0.15, 0.2) is 85.2 Å². The number of nitrogens with zero attached hydrogens (tertiary/aromatic N) is 2. The highest BCUT2D eigenvalue weighted by molar-refractivity contribution is 5.90. The number of carbonyl (C=O) groups excluding carboxylic acids is 3. The highest BCUT2D eigenvalue weighted by Gasteiger charge is 2.31. The summed E-state index contributed by atoms with van der Waals surface area (Å²) >= 11 is 0. The van der Waals surface area contributed by atoms with Crippen molar-refractivity contribution in [3.63, 3.8) is 0 Å². The average molecular weight is 707 g/mol. The van der Waals surface area contributed by atoms with Gasteiger partial charge in [0, 0.05) is 42.6 Å². The number of rotatable bonds is 14. The lowest BCUT2D eigenvalue weighted by Crippen LogP contribution is -2.45. The van der Waals surface area contributed by atoms with Gasteiger partial charge in [-0.15, -0.1) is 0 Å². The van der Waals surface area contributed by atoms with Crippen LogP contribution < -0.4 is 14.8 Å². The largest absolute Gasteiger partial charge is 0.459 e. The second-order valence-electron chi connectivity index (χ2n) is 14.0. The molecule has 5 aromatic rings. The van der Waals surface area contributed by atoms with Gasteiger partial charge in [-0.05, 0) is 62.1 Å². The maximum Gasteiger partial charge on any atom is 0.419 e. The topological polar surface area (TPSA) is 134 Å². The normalized spacial score (nSPS) is 13.5. The van der Waals surface area contributed by atoms with E-state index in [9.17, 15) is 14.4 Å². The fourth-order valence-corrected chi connectivity index (χ4v) is 6.27. The van der Waals surface area contributed by atoms with Gasteiger partial charge in [0.2, 0.25) is 12.7 Å². The maximum absolute atomic E-state index is 14.5. The summed E-state index contributed by atoms with van der Waals surface area (Å²) < 4.78 is 24.1. The van der Waals surface area contributed by atoms with Gasteiger partial charge in [-0.25, -0.2) is 19.1 Å². The molecule has 0 fully saturated rings. The maximum atomic E-state index is 14.5. The third kappa shape index (κ3) is 9.01. The summed E-state index contributed by atoms with van der Waals surface area (Å²) in [4.78, 5) is 49.8. The minimum absolute atomic E-state index is 0.0639. The van der Waals surface area contributed by atoms with Crippen molar-refractivity contribution in [2.24, 2.45) is 0 Å². The third-order valence-corrected chi connectivity index (χ3v) is 8.88. The van der Waals surface area contributed by atoms with Gasteiger partial charge in [-0.1, -0.05) is 74.4 Å². The van der Waals surface area contributed by atoms with Crippen molar-refractivity contribution in [1.82, 2.24) is 19.9 Å². The summed E-state index contributed by atoms with van der Waals surface area (Å²) in [5.41, 5.74) is 3.10. The monoisotopic (exact) mass is 706 g/mol. The zero-order valence-corrected chi connectivity index (χ0v) is 30.1. The Kier molecular flexibility index (Phi) is 11.3. The lowest BCUT2D eigenvalue weighted by atomic mass is 9.92. The summed E-state index contributed by atoms with van der Waals surface area (Å²) in [5, 5.41) is 3.99. The first-order valence-corrected chi connectivity index (χ1v) is 17.8. The van der Waals surface area contributed by atoms with E-state index in [0.29, 0.717) is 35.0 Å². The van der Waals surface area contributed by atoms with E-state index in [1.54, 1.807) is 18.3 Å². The van der Waals surface area contributed by atoms with Crippen molar-refractivity contribution in [2.75, 3.05) is 6.79 Å². The quantitative estimate of drug-likeness (QED) is 0.0902. The van der Waals surface area contributed by atoms with Gasteiger partial charge in [0.25, 0.3) is 0 Å². The van der Waals surface area contributed by atoms with Crippen LogP contribution in [-0.4, -0.2) is 50.9 Å². The number of aromatic nitrogens is 3. The molecule has 1 unspecified atom stereocenters. The molecule has 11 nitrogen and oxygen atoms in total. The van der Waals surface area contributed by atoms with Crippen LogP contribution in [0, 0.1) is 0 Å². The molecule has 6 rings (SSSR count). The standard InChI is InChI=1S/C41H46N4O7/c1-5-6-8-17-37-43-30(24-45(37)40(48)52-41(2,3)4)22-32(28-18-19-35-36(21-28)51-26-50-35)38(46)44-34(39(47)49-25-27-13-9-7-10-14-27)20-29-23-42-33-16-12-11-15-31(29)33/h7,9-16,18-19,21,23-24,32,34,42H,5-6,8,17,20,22,25-26H2,1-4H3,(H,44,46)/t32?,34-/m0/s1. The van der Waals surface area contributed by atoms with Crippen LogP contribution in [-0.2, 0) is 44.9 Å². The molecule has 2 atom stereocenters. The van der Waals surface area contributed by atoms with Crippen LogP contribution in [0.25, 0.3) is 10.9 Å². The Labute approximate surface area is 303 Å². The van der Waals surface area contributed by atoms with Crippen LogP contribution >= 0.6 is 0 Å². The fraction of sp³-hybridized carbons (Fsp3) is 0.366. The molecule has 52 heavy (non-hydrogen) atoms. The van der Waals surface area contributed by atoms with E-state index in [1.165, 1.54) is 4.57 Å². The van der Waals surface area contributed by atoms with Gasteiger partial charge < -0.3 is 29.2 Å². The van der Waals surface area contributed by atoms with Gasteiger partial charge in [-0.3, -0.25) is 4.79 Å². The zero-order valence-electron chi connectivity index (χ0n) is 30.1. The third-order valence-electron chi connectivity index (χ3n) is 8.88. The Hall–Kier alpha value is -5.58. The van der Waals surface area contributed by atoms with Gasteiger partial charge in [0.1, 0.15) is 24.1 Å². The fourth-order valence-electron chi connectivity index (χ4n) is 6.27. The summed E-state index contributed by atoms with van der Waals surface area (Å²) in [6.45, 7) is 7.71. The molecule has 272 valence electrons. The first-order valence-electron chi connectivity index (χ1n) is 17.8. The number of amides is 1. The van der Waals surface area contributed by atoms with Gasteiger partial charge in [0.15, 0.2) is 11.5 Å². The molecular weight excluding hydrogens is 660 g/mol. The number of para-hydroxylation sites is 1. The Morgan fingerprint density at radius 1 is 0.962 bits per heavy atom. The molecule has 0 spiro atoms. The highest BCUT2D eigenvalue weighted by atomic mass is 16.7. The van der Waals surface area contributed by atoms with E-state index >= 15 is 0 Å². The number of esters is 1. The predicted octanol–water partition coefficient (Wildman–Crippen LogP) is 7.41. The summed E-state index contributed by atoms with van der Waals surface area (Å²) in [5.74, 6) is -0.0971. The second kappa shape index (κ2) is 16.2. The lowest BCUT2D eigenvalue weighted by molar-refractivity contribution is -0.149. The van der Waals surface area contributed by atoms with Crippen LogP contribution in [0.5, 0.6) is 11.5 Å². The summed E-state index contributed by atoms with van der Waals surface area (Å²) in [6, 6.07) is 21.6. The first-order chi connectivity index (χ1) is 25.1. The van der Waals surface area contributed by atoms with Crippen molar-refractivity contribution in [3.05, 3.63) is 113 Å². The number of fused-ring (bicyclic) bond motifs is 2. The van der Waals surface area contributed by atoms with E-state index in [2.05, 4.69) is 17.2 Å². The van der Waals surface area contributed by atoms with Gasteiger partial charge in [0.05, 0.1) is 11.6 Å². The van der Waals surface area contributed by atoms with Crippen molar-refractivity contribution < 1.29 is 33.3 Å². The van der Waals surface area contributed by atoms with Crippen molar-refractivity contribution >= 4 is 28.9 Å². The van der Waals surface area contributed by atoms with Crippen molar-refractivity contribution in [3.8, 4) is 11.5 Å². The molecule has 1 amide bonds. The van der Waals surface area contributed by atoms with E-state index in [0.717, 1.165) is 41.3 Å². The van der Waals surface area contributed by atoms with Crippen LogP contribution in [0.3, 0.4) is 0 Å².